The monoisotopic (exact) mass is 402 g/mol. The number of esters is 1. The molecule has 7 nitrogen and oxygen atoms in total. The summed E-state index contributed by atoms with van der Waals surface area (Å²) < 4.78 is 17.1. The van der Waals surface area contributed by atoms with Crippen LogP contribution in [-0.2, 0) is 25.1 Å². The van der Waals surface area contributed by atoms with Gasteiger partial charge in [0.2, 0.25) is 5.91 Å². The lowest BCUT2D eigenvalue weighted by molar-refractivity contribution is -0.142. The van der Waals surface area contributed by atoms with Crippen LogP contribution in [0, 0.1) is 0 Å². The fourth-order valence-electron chi connectivity index (χ4n) is 2.49. The molecule has 8 heteroatoms. The summed E-state index contributed by atoms with van der Waals surface area (Å²) in [6.07, 6.45) is 0.158. The van der Waals surface area contributed by atoms with Crippen molar-refractivity contribution in [3.8, 4) is 0 Å². The molecule has 2 aromatic carbocycles. The van der Waals surface area contributed by atoms with Crippen LogP contribution in [-0.4, -0.2) is 40.9 Å². The van der Waals surface area contributed by atoms with Crippen molar-refractivity contribution in [2.45, 2.75) is 24.3 Å². The van der Waals surface area contributed by atoms with Crippen LogP contribution in [0.4, 0.5) is 5.69 Å². The van der Waals surface area contributed by atoms with Gasteiger partial charge in [0.25, 0.3) is 5.91 Å². The molecule has 0 saturated heterocycles. The highest BCUT2D eigenvalue weighted by molar-refractivity contribution is 7.85. The highest BCUT2D eigenvalue weighted by Crippen LogP contribution is 2.12. The molecule has 0 aromatic heterocycles. The van der Waals surface area contributed by atoms with E-state index in [0.717, 1.165) is 0 Å². The number of hydrogen-bond acceptors (Lipinski definition) is 5. The van der Waals surface area contributed by atoms with Gasteiger partial charge in [-0.3, -0.25) is 13.8 Å². The number of anilines is 1. The van der Waals surface area contributed by atoms with E-state index in [4.69, 9.17) is 4.74 Å². The summed E-state index contributed by atoms with van der Waals surface area (Å²) in [4.78, 5) is 36.4. The second-order valence-electron chi connectivity index (χ2n) is 5.96. The Hall–Kier alpha value is -3.00. The number of amides is 2. The number of methoxy groups -OCH3 is 1. The van der Waals surface area contributed by atoms with Crippen molar-refractivity contribution in [2.24, 2.45) is 0 Å². The largest absolute Gasteiger partial charge is 0.467 e. The van der Waals surface area contributed by atoms with Gasteiger partial charge in [-0.2, -0.15) is 0 Å². The summed E-state index contributed by atoms with van der Waals surface area (Å²) in [5.74, 6) is -1.17. The molecule has 0 unspecified atom stereocenters. The van der Waals surface area contributed by atoms with E-state index in [0.29, 0.717) is 10.6 Å². The molecule has 2 rings (SSSR count). The Balaban J connectivity index is 2.05. The number of carbonyl (C=O) groups excluding carboxylic acids is 3. The zero-order valence-corrected chi connectivity index (χ0v) is 16.5. The molecular formula is C20H22N2O5S. The van der Waals surface area contributed by atoms with Gasteiger partial charge < -0.3 is 15.4 Å². The normalized spacial score (nSPS) is 12.5. The van der Waals surface area contributed by atoms with E-state index in [-0.39, 0.29) is 23.6 Å². The molecule has 0 heterocycles. The second-order valence-corrected chi connectivity index (χ2v) is 7.53. The quantitative estimate of drug-likeness (QED) is 0.659. The third-order valence-electron chi connectivity index (χ3n) is 3.83. The lowest BCUT2D eigenvalue weighted by atomic mass is 10.1. The van der Waals surface area contributed by atoms with Gasteiger partial charge in [-0.1, -0.05) is 24.3 Å². The van der Waals surface area contributed by atoms with Crippen LogP contribution < -0.4 is 10.6 Å². The van der Waals surface area contributed by atoms with Crippen LogP contribution in [0.2, 0.25) is 0 Å². The Morgan fingerprint density at radius 2 is 1.79 bits per heavy atom. The Morgan fingerprint density at radius 3 is 2.43 bits per heavy atom. The molecule has 0 spiro atoms. The predicted molar refractivity (Wildman–Crippen MR) is 106 cm³/mol. The maximum Gasteiger partial charge on any atom is 0.328 e. The first-order valence-electron chi connectivity index (χ1n) is 8.60. The summed E-state index contributed by atoms with van der Waals surface area (Å²) in [5, 5.41) is 5.21. The molecular weight excluding hydrogens is 380 g/mol. The number of benzene rings is 2. The van der Waals surface area contributed by atoms with E-state index in [1.807, 2.05) is 6.07 Å². The van der Waals surface area contributed by atoms with Crippen LogP contribution in [0.25, 0.3) is 0 Å². The number of rotatable bonds is 8. The van der Waals surface area contributed by atoms with E-state index in [9.17, 15) is 18.6 Å². The van der Waals surface area contributed by atoms with E-state index in [2.05, 4.69) is 10.6 Å². The zero-order valence-electron chi connectivity index (χ0n) is 15.6. The number of carbonyl (C=O) groups is 3. The van der Waals surface area contributed by atoms with Gasteiger partial charge in [0.15, 0.2) is 0 Å². The van der Waals surface area contributed by atoms with Crippen molar-refractivity contribution < 1.29 is 23.3 Å². The van der Waals surface area contributed by atoms with Crippen molar-refractivity contribution in [3.05, 3.63) is 60.2 Å². The smallest absolute Gasteiger partial charge is 0.328 e. The number of hydrogen-bond donors (Lipinski definition) is 2. The molecule has 0 fully saturated rings. The molecule has 28 heavy (non-hydrogen) atoms. The topological polar surface area (TPSA) is 102 Å². The lowest BCUT2D eigenvalue weighted by Crippen LogP contribution is -2.42. The molecule has 2 aromatic rings. The van der Waals surface area contributed by atoms with Crippen LogP contribution >= 0.6 is 0 Å². The first kappa shape index (κ1) is 21.3. The Morgan fingerprint density at radius 1 is 1.07 bits per heavy atom. The standard InChI is InChI=1S/C20H22N2O5S/c1-14(23)21-16-8-6-7-15(13-16)19(24)22-18(20(25)27-2)11-12-28(26)17-9-4-3-5-10-17/h3-10,13,18H,11-12H2,1-2H3,(H,21,23)(H,22,24)/t18-,28+/m1/s1. The van der Waals surface area contributed by atoms with E-state index >= 15 is 0 Å². The maximum absolute atomic E-state index is 12.5. The molecule has 0 aliphatic rings. The first-order chi connectivity index (χ1) is 13.4. The Bertz CT molecular complexity index is 870. The van der Waals surface area contributed by atoms with Crippen molar-refractivity contribution in [1.29, 1.82) is 0 Å². The third-order valence-corrected chi connectivity index (χ3v) is 5.24. The Labute approximate surface area is 165 Å². The van der Waals surface area contributed by atoms with Gasteiger partial charge in [0.05, 0.1) is 17.9 Å². The maximum atomic E-state index is 12.5. The molecule has 0 aliphatic heterocycles. The fraction of sp³-hybridized carbons (Fsp3) is 0.250. The molecule has 148 valence electrons. The van der Waals surface area contributed by atoms with Crippen LogP contribution in [0.5, 0.6) is 0 Å². The highest BCUT2D eigenvalue weighted by atomic mass is 32.2. The van der Waals surface area contributed by atoms with E-state index in [1.54, 1.807) is 42.5 Å². The molecule has 0 saturated carbocycles. The third kappa shape index (κ3) is 6.31. The lowest BCUT2D eigenvalue weighted by Gasteiger charge is -2.16. The molecule has 0 aliphatic carbocycles. The van der Waals surface area contributed by atoms with Crippen LogP contribution in [0.3, 0.4) is 0 Å². The Kier molecular flexibility index (Phi) is 7.88. The summed E-state index contributed by atoms with van der Waals surface area (Å²) in [5.41, 5.74) is 0.754. The average molecular weight is 402 g/mol. The van der Waals surface area contributed by atoms with Gasteiger partial charge >= 0.3 is 5.97 Å². The molecule has 2 atom stereocenters. The molecule has 0 radical (unpaired) electrons. The van der Waals surface area contributed by atoms with Crippen LogP contribution in [0.1, 0.15) is 23.7 Å². The first-order valence-corrected chi connectivity index (χ1v) is 9.92. The minimum absolute atomic E-state index is 0.158. The van der Waals surface area contributed by atoms with Gasteiger partial charge in [0, 0.05) is 28.8 Å². The zero-order chi connectivity index (χ0) is 20.5. The van der Waals surface area contributed by atoms with Gasteiger partial charge in [0.1, 0.15) is 6.04 Å². The SMILES string of the molecule is COC(=O)[C@@H](CC[S@](=O)c1ccccc1)NC(=O)c1cccc(NC(C)=O)c1. The molecule has 2 amide bonds. The van der Waals surface area contributed by atoms with Crippen molar-refractivity contribution in [3.63, 3.8) is 0 Å². The summed E-state index contributed by atoms with van der Waals surface area (Å²) in [6.45, 7) is 1.37. The minimum atomic E-state index is -1.30. The van der Waals surface area contributed by atoms with Gasteiger partial charge in [-0.15, -0.1) is 0 Å². The number of ether oxygens (including phenoxy) is 1. The predicted octanol–water partition coefficient (Wildman–Crippen LogP) is 2.11. The molecule has 0 bridgehead atoms. The fourth-order valence-corrected chi connectivity index (χ4v) is 3.64. The van der Waals surface area contributed by atoms with E-state index in [1.165, 1.54) is 20.1 Å². The van der Waals surface area contributed by atoms with Crippen molar-refractivity contribution in [1.82, 2.24) is 5.32 Å². The summed E-state index contributed by atoms with van der Waals surface area (Å²) in [7, 11) is -0.0695. The van der Waals surface area contributed by atoms with Crippen LogP contribution in [0.15, 0.2) is 59.5 Å². The average Bonchev–Trinajstić information content (AvgIpc) is 2.70. The summed E-state index contributed by atoms with van der Waals surface area (Å²) in [6, 6.07) is 14.3. The van der Waals surface area contributed by atoms with Gasteiger partial charge in [-0.05, 0) is 36.8 Å². The molecule has 2 N–H and O–H groups in total. The van der Waals surface area contributed by atoms with E-state index < -0.39 is 28.7 Å². The highest BCUT2D eigenvalue weighted by Gasteiger charge is 2.23. The van der Waals surface area contributed by atoms with Crippen molar-refractivity contribution >= 4 is 34.3 Å². The van der Waals surface area contributed by atoms with Crippen molar-refractivity contribution in [2.75, 3.05) is 18.2 Å². The van der Waals surface area contributed by atoms with Gasteiger partial charge in [-0.25, -0.2) is 4.79 Å². The number of nitrogens with one attached hydrogen (secondary N) is 2. The second kappa shape index (κ2) is 10.4. The minimum Gasteiger partial charge on any atom is -0.467 e. The summed E-state index contributed by atoms with van der Waals surface area (Å²) >= 11 is 0.